The molecule has 0 aromatic heterocycles. The number of hydrogen-bond donors (Lipinski definition) is 0. The van der Waals surface area contributed by atoms with Crippen LogP contribution in [0.1, 0.15) is 0 Å². The Morgan fingerprint density at radius 3 is 1.00 bits per heavy atom. The van der Waals surface area contributed by atoms with E-state index in [4.69, 9.17) is 17.5 Å². The first kappa shape index (κ1) is 22.4. The minimum atomic E-state index is -5.17. The molecule has 0 fully saturated rings. The van der Waals surface area contributed by atoms with Gasteiger partial charge in [-0.25, -0.2) is 0 Å². The van der Waals surface area contributed by atoms with E-state index in [1.54, 1.807) is 0 Å². The first-order chi connectivity index (χ1) is 2.00. The van der Waals surface area contributed by atoms with Gasteiger partial charge in [-0.1, -0.05) is 0 Å². The molecule has 0 atom stereocenters. The molecule has 1 N–H and O–H groups in total. The van der Waals surface area contributed by atoms with Crippen LogP contribution in [-0.2, 0) is 10.4 Å². The van der Waals surface area contributed by atoms with Crippen LogP contribution < -0.4 is 0 Å². The van der Waals surface area contributed by atoms with E-state index in [-0.39, 0.29) is 81.0 Å². The Morgan fingerprint density at radius 1 is 1.00 bits per heavy atom. The van der Waals surface area contributed by atoms with Gasteiger partial charge in [0.1, 0.15) is 0 Å². The molecule has 0 unspecified atom stereocenters. The summed E-state index contributed by atoms with van der Waals surface area (Å²) >= 11 is 0. The molecule has 8 heavy (non-hydrogen) atoms. The van der Waals surface area contributed by atoms with E-state index in [0.717, 1.165) is 0 Å². The first-order valence-electron chi connectivity index (χ1n) is 0.667. The van der Waals surface area contributed by atoms with Crippen LogP contribution in [-0.4, -0.2) is 98.5 Å². The molecule has 0 amide bonds. The van der Waals surface area contributed by atoms with Crippen molar-refractivity contribution in [1.29, 1.82) is 0 Å². The maximum atomic E-state index is 8.52. The normalized spacial score (nSPS) is 7.25. The molecule has 0 saturated heterocycles. The fraction of sp³-hybridized carbons (Fsp3) is 0. The summed E-state index contributed by atoms with van der Waals surface area (Å²) < 4.78 is 34.1. The van der Waals surface area contributed by atoms with Gasteiger partial charge in [0.05, 0.1) is 0 Å². The summed E-state index contributed by atoms with van der Waals surface area (Å²) in [6.07, 6.45) is 0. The predicted octanol–water partition coefficient (Wildman–Crippen LogP) is -2.28. The Hall–Kier alpha value is 2.35. The maximum Gasteiger partial charge on any atom is 2.00 e. The molecule has 0 bridgehead atoms. The Labute approximate surface area is 107 Å². The van der Waals surface area contributed by atoms with Gasteiger partial charge in [0.25, 0.3) is 0 Å². The molecule has 0 spiro atoms. The van der Waals surface area contributed by atoms with Gasteiger partial charge in [-0.2, -0.15) is 0 Å². The van der Waals surface area contributed by atoms with Crippen LogP contribution in [0.15, 0.2) is 0 Å². The minimum Gasteiger partial charge on any atom is -0.870 e. The second-order valence-corrected chi connectivity index (χ2v) is 1.22. The molecule has 0 aromatic carbocycles. The van der Waals surface area contributed by atoms with Crippen LogP contribution in [0.5, 0.6) is 0 Å². The van der Waals surface area contributed by atoms with Gasteiger partial charge in [-0.05, 0) is 0 Å². The van der Waals surface area contributed by atoms with E-state index in [1.165, 1.54) is 0 Å². The van der Waals surface area contributed by atoms with Gasteiger partial charge in [-0.15, -0.1) is 0 Å². The molecule has 0 aliphatic rings. The van der Waals surface area contributed by atoms with Crippen molar-refractivity contribution in [3.63, 3.8) is 0 Å². The van der Waals surface area contributed by atoms with Crippen molar-refractivity contribution >= 4 is 85.9 Å². The molecule has 0 aromatic rings. The third kappa shape index (κ3) is 81.7. The zero-order valence-electron chi connectivity index (χ0n) is 3.90. The molecule has 0 rings (SSSR count). The minimum absolute atomic E-state index is 0. The smallest absolute Gasteiger partial charge is 0.870 e. The van der Waals surface area contributed by atoms with Crippen molar-refractivity contribution in [3.05, 3.63) is 0 Å². The van der Waals surface area contributed by atoms with Crippen molar-refractivity contribution < 1.29 is 23.0 Å². The quantitative estimate of drug-likeness (QED) is 0.244. The average Bonchev–Trinajstić information content (AvgIpc) is 0.722. The van der Waals surface area contributed by atoms with Gasteiger partial charge in [-0.3, -0.25) is 8.42 Å². The average molecular weight is 193 g/mol. The van der Waals surface area contributed by atoms with E-state index >= 15 is 0 Å². The fourth-order valence-electron chi connectivity index (χ4n) is 0. The van der Waals surface area contributed by atoms with Gasteiger partial charge in [0, 0.05) is 10.4 Å². The summed E-state index contributed by atoms with van der Waals surface area (Å²) in [6.45, 7) is 0. The van der Waals surface area contributed by atoms with Crippen molar-refractivity contribution in [1.82, 2.24) is 0 Å². The summed E-state index contributed by atoms with van der Waals surface area (Å²) in [4.78, 5) is 0. The van der Waals surface area contributed by atoms with Crippen LogP contribution >= 0.6 is 0 Å². The van der Waals surface area contributed by atoms with Crippen LogP contribution in [0.4, 0.5) is 0 Å². The van der Waals surface area contributed by atoms with E-state index in [0.29, 0.717) is 0 Å². The Balaban J connectivity index is -0.0000000267. The summed E-state index contributed by atoms with van der Waals surface area (Å²) in [5.41, 5.74) is 0. The Morgan fingerprint density at radius 2 is 1.00 bits per heavy atom. The third-order valence-corrected chi connectivity index (χ3v) is 0. The molecular weight excluding hydrogens is 192 g/mol. The number of hydrogen-bond acceptors (Lipinski definition) is 5. The second-order valence-electron chi connectivity index (χ2n) is 0.408. The van der Waals surface area contributed by atoms with E-state index in [2.05, 4.69) is 0 Å². The predicted molar refractivity (Wildman–Crippen MR) is 23.9 cm³/mol. The zero-order chi connectivity index (χ0) is 4.50. The summed E-state index contributed by atoms with van der Waals surface area (Å²) in [5.74, 6) is 0. The fourth-order valence-corrected chi connectivity index (χ4v) is 0. The van der Waals surface area contributed by atoms with Gasteiger partial charge >= 0.3 is 75.5 Å². The van der Waals surface area contributed by atoms with Crippen LogP contribution in [0.3, 0.4) is 0 Å². The summed E-state index contributed by atoms with van der Waals surface area (Å²) in [7, 11) is -5.17. The molecule has 0 aliphatic heterocycles. The monoisotopic (exact) mass is 193 g/mol. The van der Waals surface area contributed by atoms with Crippen molar-refractivity contribution in [2.75, 3.05) is 0 Å². The SMILES string of the molecule is O=S(=O)([O-])[O-].[Ca+2].[Ca+2].[OH-]. The number of rotatable bonds is 0. The van der Waals surface area contributed by atoms with Crippen LogP contribution in [0, 0.1) is 0 Å². The molecule has 40 valence electrons. The summed E-state index contributed by atoms with van der Waals surface area (Å²) in [5, 5.41) is 0. The third-order valence-electron chi connectivity index (χ3n) is 0. The van der Waals surface area contributed by atoms with Crippen molar-refractivity contribution in [3.8, 4) is 0 Å². The molecule has 0 saturated carbocycles. The molecule has 0 aliphatic carbocycles. The standard InChI is InChI=1S/2Ca.H2O4S.H2O/c;;1-5(2,3)4;/h;;(H2,1,2,3,4);1H2/q2*+2;;/p-3. The Bertz CT molecular complexity index is 93.6. The van der Waals surface area contributed by atoms with Gasteiger partial charge in [0.2, 0.25) is 0 Å². The van der Waals surface area contributed by atoms with Gasteiger partial charge < -0.3 is 14.6 Å². The van der Waals surface area contributed by atoms with Crippen molar-refractivity contribution in [2.45, 2.75) is 0 Å². The topological polar surface area (TPSA) is 110 Å². The first-order valence-corrected chi connectivity index (χ1v) is 2.00. The largest absolute Gasteiger partial charge is 2.00 e. The summed E-state index contributed by atoms with van der Waals surface area (Å²) in [6, 6.07) is 0. The van der Waals surface area contributed by atoms with Crippen LogP contribution in [0.2, 0.25) is 0 Å². The maximum absolute atomic E-state index is 8.52. The van der Waals surface area contributed by atoms with Gasteiger partial charge in [0.15, 0.2) is 0 Å². The van der Waals surface area contributed by atoms with E-state index < -0.39 is 10.4 Å². The van der Waals surface area contributed by atoms with E-state index in [1.807, 2.05) is 0 Å². The molecular formula is HCa2O5S+. The van der Waals surface area contributed by atoms with Crippen LogP contribution in [0.25, 0.3) is 0 Å². The second kappa shape index (κ2) is 9.35. The molecule has 0 heterocycles. The van der Waals surface area contributed by atoms with E-state index in [9.17, 15) is 0 Å². The molecule has 0 radical (unpaired) electrons. The molecule has 8 heteroatoms. The van der Waals surface area contributed by atoms with Crippen molar-refractivity contribution in [2.24, 2.45) is 0 Å². The Kier molecular flexibility index (Phi) is 26.2. The zero-order valence-corrected chi connectivity index (χ0v) is 9.14. The molecule has 5 nitrogen and oxygen atoms in total.